The monoisotopic (exact) mass is 324 g/mol. The molecule has 0 spiro atoms. The van der Waals surface area contributed by atoms with Crippen molar-refractivity contribution in [2.45, 2.75) is 73.1 Å². The molecule has 3 heteroatoms. The van der Waals surface area contributed by atoms with E-state index in [0.717, 1.165) is 32.1 Å². The fourth-order valence-corrected chi connectivity index (χ4v) is 5.40. The highest BCUT2D eigenvalue weighted by Gasteiger charge is 2.46. The molecule has 0 bridgehead atoms. The molecule has 2 fully saturated rings. The van der Waals surface area contributed by atoms with Crippen molar-refractivity contribution >= 4 is 5.97 Å². The first-order chi connectivity index (χ1) is 10.5. The Morgan fingerprint density at radius 1 is 1.00 bits per heavy atom. The minimum Gasteiger partial charge on any atom is -0.481 e. The molecular formula is C20H36O3. The molecule has 0 aromatic carbocycles. The molecule has 0 aliphatic heterocycles. The lowest BCUT2D eigenvalue weighted by Crippen LogP contribution is -2.28. The van der Waals surface area contributed by atoms with Crippen molar-refractivity contribution in [3.63, 3.8) is 0 Å². The van der Waals surface area contributed by atoms with Crippen LogP contribution in [0.3, 0.4) is 0 Å². The highest BCUT2D eigenvalue weighted by molar-refractivity contribution is 5.71. The number of aliphatic hydroxyl groups is 1. The van der Waals surface area contributed by atoms with Crippen molar-refractivity contribution in [2.24, 2.45) is 40.4 Å². The lowest BCUT2D eigenvalue weighted by Gasteiger charge is -2.35. The molecule has 0 saturated heterocycles. The fraction of sp³-hybridized carbons (Fsp3) is 0.950. The smallest absolute Gasteiger partial charge is 0.306 e. The minimum absolute atomic E-state index is 0.0668. The average molecular weight is 325 g/mol. The normalized spacial score (nSPS) is 35.7. The maximum absolute atomic E-state index is 11.7. The lowest BCUT2D eigenvalue weighted by atomic mass is 9.70. The predicted octanol–water partition coefficient (Wildman–Crippen LogP) is 4.58. The van der Waals surface area contributed by atoms with Crippen molar-refractivity contribution < 1.29 is 15.0 Å². The first kappa shape index (κ1) is 18.8. The van der Waals surface area contributed by atoms with Crippen LogP contribution in [-0.2, 0) is 4.79 Å². The second-order valence-electron chi connectivity index (χ2n) is 10.0. The Labute approximate surface area is 141 Å². The zero-order valence-electron chi connectivity index (χ0n) is 15.6. The van der Waals surface area contributed by atoms with E-state index in [-0.39, 0.29) is 22.7 Å². The first-order valence-electron chi connectivity index (χ1n) is 9.38. The number of hydrogen-bond donors (Lipinski definition) is 2. The summed E-state index contributed by atoms with van der Waals surface area (Å²) in [6.45, 7) is 11.6. The molecule has 2 aliphatic rings. The molecule has 0 radical (unpaired) electrons. The highest BCUT2D eigenvalue weighted by atomic mass is 16.4. The number of aliphatic carboxylic acids is 1. The summed E-state index contributed by atoms with van der Waals surface area (Å²) in [5.74, 6) is 1.20. The van der Waals surface area contributed by atoms with E-state index in [1.54, 1.807) is 0 Å². The molecule has 2 aliphatic carbocycles. The van der Waals surface area contributed by atoms with E-state index in [2.05, 4.69) is 34.6 Å². The summed E-state index contributed by atoms with van der Waals surface area (Å²) in [7, 11) is 0. The van der Waals surface area contributed by atoms with Crippen LogP contribution in [0.2, 0.25) is 0 Å². The molecule has 0 aromatic heterocycles. The maximum atomic E-state index is 11.7. The molecule has 5 unspecified atom stereocenters. The third-order valence-corrected chi connectivity index (χ3v) is 6.81. The van der Waals surface area contributed by atoms with Crippen molar-refractivity contribution in [2.75, 3.05) is 6.61 Å². The molecule has 0 aromatic rings. The van der Waals surface area contributed by atoms with Gasteiger partial charge in [-0.15, -0.1) is 0 Å². The highest BCUT2D eigenvalue weighted by Crippen LogP contribution is 2.52. The Bertz CT molecular complexity index is 421. The third-order valence-electron chi connectivity index (χ3n) is 6.81. The van der Waals surface area contributed by atoms with Gasteiger partial charge in [0, 0.05) is 6.61 Å². The van der Waals surface area contributed by atoms with Crippen LogP contribution in [-0.4, -0.2) is 22.8 Å². The average Bonchev–Trinajstić information content (AvgIpc) is 3.03. The summed E-state index contributed by atoms with van der Waals surface area (Å²) in [6, 6.07) is 0. The molecule has 2 N–H and O–H groups in total. The second-order valence-corrected chi connectivity index (χ2v) is 10.0. The Morgan fingerprint density at radius 3 is 2.09 bits per heavy atom. The van der Waals surface area contributed by atoms with E-state index in [9.17, 15) is 15.0 Å². The van der Waals surface area contributed by atoms with E-state index in [1.807, 2.05) is 0 Å². The zero-order valence-corrected chi connectivity index (χ0v) is 15.6. The molecule has 0 heterocycles. The van der Waals surface area contributed by atoms with Gasteiger partial charge in [0.15, 0.2) is 0 Å². The van der Waals surface area contributed by atoms with Gasteiger partial charge in [0.2, 0.25) is 0 Å². The Kier molecular flexibility index (Phi) is 5.50. The SMILES string of the molecule is CC(C)(C)C1CC(CC(C)(C)C2CCC(CO)C2)CC1C(=O)O. The van der Waals surface area contributed by atoms with Gasteiger partial charge in [0.25, 0.3) is 0 Å². The van der Waals surface area contributed by atoms with Crippen LogP contribution >= 0.6 is 0 Å². The van der Waals surface area contributed by atoms with Gasteiger partial charge in [-0.25, -0.2) is 0 Å². The molecular weight excluding hydrogens is 288 g/mol. The Balaban J connectivity index is 2.01. The second kappa shape index (κ2) is 6.74. The third kappa shape index (κ3) is 4.29. The molecule has 5 atom stereocenters. The molecule has 2 rings (SSSR count). The van der Waals surface area contributed by atoms with Gasteiger partial charge in [-0.2, -0.15) is 0 Å². The van der Waals surface area contributed by atoms with E-state index < -0.39 is 5.97 Å². The number of rotatable bonds is 5. The molecule has 0 amide bonds. The standard InChI is InChI=1S/C20H36O3/c1-19(2,3)17-10-14(9-16(17)18(22)23)11-20(4,5)15-7-6-13(8-15)12-21/h13-17,21H,6-12H2,1-5H3,(H,22,23). The molecule has 23 heavy (non-hydrogen) atoms. The van der Waals surface area contributed by atoms with Crippen LogP contribution in [0.5, 0.6) is 0 Å². The summed E-state index contributed by atoms with van der Waals surface area (Å²) >= 11 is 0. The van der Waals surface area contributed by atoms with Crippen LogP contribution in [0, 0.1) is 40.4 Å². The van der Waals surface area contributed by atoms with Crippen LogP contribution < -0.4 is 0 Å². The zero-order chi connectivity index (χ0) is 17.4. The first-order valence-corrected chi connectivity index (χ1v) is 9.38. The number of hydrogen-bond acceptors (Lipinski definition) is 2. The number of carboxylic acid groups (broad SMARTS) is 1. The quantitative estimate of drug-likeness (QED) is 0.778. The topological polar surface area (TPSA) is 57.5 Å². The van der Waals surface area contributed by atoms with E-state index in [4.69, 9.17) is 0 Å². The van der Waals surface area contributed by atoms with Crippen molar-refractivity contribution in [1.82, 2.24) is 0 Å². The summed E-state index contributed by atoms with van der Waals surface area (Å²) in [5, 5.41) is 19.0. The largest absolute Gasteiger partial charge is 0.481 e. The number of aliphatic hydroxyl groups excluding tert-OH is 1. The van der Waals surface area contributed by atoms with Crippen LogP contribution in [0.4, 0.5) is 0 Å². The Hall–Kier alpha value is -0.570. The van der Waals surface area contributed by atoms with Crippen molar-refractivity contribution in [3.05, 3.63) is 0 Å². The fourth-order valence-electron chi connectivity index (χ4n) is 5.40. The number of carbonyl (C=O) groups is 1. The van der Waals surface area contributed by atoms with Crippen molar-refractivity contribution in [3.8, 4) is 0 Å². The van der Waals surface area contributed by atoms with E-state index in [0.29, 0.717) is 24.4 Å². The van der Waals surface area contributed by atoms with E-state index >= 15 is 0 Å². The van der Waals surface area contributed by atoms with Gasteiger partial charge in [-0.1, -0.05) is 34.6 Å². The van der Waals surface area contributed by atoms with Gasteiger partial charge in [-0.05, 0) is 73.0 Å². The summed E-state index contributed by atoms with van der Waals surface area (Å²) in [5.41, 5.74) is 0.321. The summed E-state index contributed by atoms with van der Waals surface area (Å²) in [6.07, 6.45) is 6.54. The van der Waals surface area contributed by atoms with E-state index in [1.165, 1.54) is 6.42 Å². The Morgan fingerprint density at radius 2 is 1.65 bits per heavy atom. The summed E-state index contributed by atoms with van der Waals surface area (Å²) in [4.78, 5) is 11.7. The predicted molar refractivity (Wildman–Crippen MR) is 93.1 cm³/mol. The maximum Gasteiger partial charge on any atom is 0.306 e. The van der Waals surface area contributed by atoms with Crippen LogP contribution in [0.25, 0.3) is 0 Å². The van der Waals surface area contributed by atoms with Gasteiger partial charge in [0.05, 0.1) is 5.92 Å². The van der Waals surface area contributed by atoms with Gasteiger partial charge in [0.1, 0.15) is 0 Å². The lowest BCUT2D eigenvalue weighted by molar-refractivity contribution is -0.144. The van der Waals surface area contributed by atoms with Crippen molar-refractivity contribution in [1.29, 1.82) is 0 Å². The molecule has 134 valence electrons. The van der Waals surface area contributed by atoms with Gasteiger partial charge in [-0.3, -0.25) is 4.79 Å². The molecule has 2 saturated carbocycles. The minimum atomic E-state index is -0.605. The van der Waals surface area contributed by atoms with Crippen LogP contribution in [0.15, 0.2) is 0 Å². The number of carboxylic acids is 1. The van der Waals surface area contributed by atoms with Gasteiger partial charge >= 0.3 is 5.97 Å². The van der Waals surface area contributed by atoms with Gasteiger partial charge < -0.3 is 10.2 Å². The summed E-state index contributed by atoms with van der Waals surface area (Å²) < 4.78 is 0. The van der Waals surface area contributed by atoms with Crippen LogP contribution in [0.1, 0.15) is 73.1 Å². The molecule has 3 nitrogen and oxygen atoms in total.